The van der Waals surface area contributed by atoms with Crippen LogP contribution in [0.5, 0.6) is 0 Å². The Hall–Kier alpha value is -4.82. The van der Waals surface area contributed by atoms with Crippen molar-refractivity contribution in [3.05, 3.63) is 152 Å². The molecule has 2 heteroatoms. The maximum Gasteiger partial charge on any atom is 0.0468 e. The summed E-state index contributed by atoms with van der Waals surface area (Å²) in [7, 11) is 0. The van der Waals surface area contributed by atoms with Crippen molar-refractivity contribution in [1.82, 2.24) is 0 Å². The Labute approximate surface area is 212 Å². The van der Waals surface area contributed by atoms with E-state index in [1.807, 2.05) is 6.07 Å². The van der Waals surface area contributed by atoms with Crippen LogP contribution in [0.4, 0.5) is 28.4 Å². The largest absolute Gasteiger partial charge is 0.356 e. The van der Waals surface area contributed by atoms with Crippen molar-refractivity contribution < 1.29 is 0 Å². The minimum Gasteiger partial charge on any atom is -0.356 e. The molecule has 0 spiro atoms. The lowest BCUT2D eigenvalue weighted by Gasteiger charge is -2.26. The van der Waals surface area contributed by atoms with E-state index in [9.17, 15) is 0 Å². The van der Waals surface area contributed by atoms with E-state index in [-0.39, 0.29) is 0 Å². The zero-order chi connectivity index (χ0) is 24.2. The number of nitrogens with one attached hydrogen (secondary N) is 1. The van der Waals surface area contributed by atoms with Crippen LogP contribution in [0.15, 0.2) is 152 Å². The van der Waals surface area contributed by atoms with Gasteiger partial charge >= 0.3 is 0 Å². The average molecular weight is 463 g/mol. The number of nitrogens with zero attached hydrogens (tertiary/aromatic N) is 1. The second kappa shape index (κ2) is 9.81. The number of para-hydroxylation sites is 1. The highest BCUT2D eigenvalue weighted by molar-refractivity contribution is 5.89. The molecule has 0 radical (unpaired) electrons. The summed E-state index contributed by atoms with van der Waals surface area (Å²) in [6.45, 7) is 0. The van der Waals surface area contributed by atoms with E-state index in [1.165, 1.54) is 21.9 Å². The minimum absolute atomic E-state index is 1.05. The second-order valence-corrected chi connectivity index (χ2v) is 8.82. The molecule has 0 saturated heterocycles. The summed E-state index contributed by atoms with van der Waals surface area (Å²) in [6, 6.07) is 53.3. The van der Waals surface area contributed by atoms with Crippen molar-refractivity contribution in [2.45, 2.75) is 0 Å². The lowest BCUT2D eigenvalue weighted by Crippen LogP contribution is -2.09. The summed E-state index contributed by atoms with van der Waals surface area (Å²) in [4.78, 5) is 2.30. The van der Waals surface area contributed by atoms with E-state index < -0.39 is 0 Å². The maximum atomic E-state index is 3.57. The highest BCUT2D eigenvalue weighted by atomic mass is 15.1. The van der Waals surface area contributed by atoms with Gasteiger partial charge in [-0.05, 0) is 82.6 Å². The minimum atomic E-state index is 1.05. The summed E-state index contributed by atoms with van der Waals surface area (Å²) in [5, 5.41) is 6.04. The number of anilines is 5. The van der Waals surface area contributed by atoms with E-state index in [0.29, 0.717) is 0 Å². The summed E-state index contributed by atoms with van der Waals surface area (Å²) in [5.41, 5.74) is 7.91. The Morgan fingerprint density at radius 3 is 1.75 bits per heavy atom. The van der Waals surface area contributed by atoms with Crippen LogP contribution in [0, 0.1) is 0 Å². The fourth-order valence-corrected chi connectivity index (χ4v) is 4.61. The van der Waals surface area contributed by atoms with Crippen LogP contribution in [0.1, 0.15) is 0 Å². The van der Waals surface area contributed by atoms with Crippen molar-refractivity contribution in [3.8, 4) is 11.1 Å². The summed E-state index contributed by atoms with van der Waals surface area (Å²) in [5.74, 6) is 0. The van der Waals surface area contributed by atoms with E-state index in [4.69, 9.17) is 0 Å². The number of fused-ring (bicyclic) bond motifs is 1. The molecule has 0 aliphatic rings. The van der Waals surface area contributed by atoms with E-state index >= 15 is 0 Å². The fraction of sp³-hybridized carbons (Fsp3) is 0. The molecule has 6 rings (SSSR count). The fourth-order valence-electron chi connectivity index (χ4n) is 4.61. The first-order valence-corrected chi connectivity index (χ1v) is 12.2. The molecule has 0 fully saturated rings. The van der Waals surface area contributed by atoms with Gasteiger partial charge in [0, 0.05) is 28.4 Å². The third kappa shape index (κ3) is 4.57. The first-order chi connectivity index (χ1) is 17.8. The van der Waals surface area contributed by atoms with Crippen molar-refractivity contribution >= 4 is 39.2 Å². The first-order valence-electron chi connectivity index (χ1n) is 12.2. The van der Waals surface area contributed by atoms with Gasteiger partial charge in [0.25, 0.3) is 0 Å². The highest BCUT2D eigenvalue weighted by Crippen LogP contribution is 2.36. The molecule has 172 valence electrons. The monoisotopic (exact) mass is 462 g/mol. The third-order valence-corrected chi connectivity index (χ3v) is 6.39. The predicted octanol–water partition coefficient (Wildman–Crippen LogP) is 9.72. The molecule has 0 atom stereocenters. The van der Waals surface area contributed by atoms with E-state index in [1.54, 1.807) is 0 Å². The maximum absolute atomic E-state index is 3.57. The van der Waals surface area contributed by atoms with Gasteiger partial charge in [-0.15, -0.1) is 0 Å². The van der Waals surface area contributed by atoms with Gasteiger partial charge in [0.05, 0.1) is 0 Å². The van der Waals surface area contributed by atoms with Crippen molar-refractivity contribution in [2.24, 2.45) is 0 Å². The molecule has 0 unspecified atom stereocenters. The topological polar surface area (TPSA) is 15.3 Å². The van der Waals surface area contributed by atoms with E-state index in [0.717, 1.165) is 28.4 Å². The SMILES string of the molecule is c1ccc(-c2cccc(Nc3ccc(N(c4ccccc4)c4ccc5ccccc5c4)cc3)c2)cc1. The molecule has 36 heavy (non-hydrogen) atoms. The van der Waals surface area contributed by atoms with Crippen LogP contribution >= 0.6 is 0 Å². The standard InChI is InChI=1S/C34H26N2/c1-3-10-26(11-4-1)28-14-9-15-31(24-28)35-30-19-22-33(23-20-30)36(32-16-5-2-6-17-32)34-21-18-27-12-7-8-13-29(27)25-34/h1-25,35H. The van der Waals surface area contributed by atoms with Gasteiger partial charge in [-0.2, -0.15) is 0 Å². The number of hydrogen-bond acceptors (Lipinski definition) is 2. The Morgan fingerprint density at radius 1 is 0.361 bits per heavy atom. The molecule has 2 nitrogen and oxygen atoms in total. The van der Waals surface area contributed by atoms with Gasteiger partial charge in [0.2, 0.25) is 0 Å². The molecule has 0 saturated carbocycles. The van der Waals surface area contributed by atoms with Gasteiger partial charge in [-0.25, -0.2) is 0 Å². The van der Waals surface area contributed by atoms with Crippen molar-refractivity contribution in [1.29, 1.82) is 0 Å². The lowest BCUT2D eigenvalue weighted by molar-refractivity contribution is 1.29. The molecule has 6 aromatic rings. The normalized spacial score (nSPS) is 10.8. The Bertz CT molecular complexity index is 1590. The smallest absolute Gasteiger partial charge is 0.0468 e. The Balaban J connectivity index is 1.31. The Morgan fingerprint density at radius 2 is 0.972 bits per heavy atom. The van der Waals surface area contributed by atoms with Gasteiger partial charge < -0.3 is 10.2 Å². The molecular weight excluding hydrogens is 436 g/mol. The van der Waals surface area contributed by atoms with Gasteiger partial charge in [0.15, 0.2) is 0 Å². The van der Waals surface area contributed by atoms with Crippen LogP contribution < -0.4 is 10.2 Å². The first kappa shape index (κ1) is 21.7. The van der Waals surface area contributed by atoms with Gasteiger partial charge in [-0.3, -0.25) is 0 Å². The molecule has 0 bridgehead atoms. The number of hydrogen-bond donors (Lipinski definition) is 1. The molecule has 6 aromatic carbocycles. The van der Waals surface area contributed by atoms with Crippen LogP contribution in [0.2, 0.25) is 0 Å². The van der Waals surface area contributed by atoms with Crippen LogP contribution in [0.25, 0.3) is 21.9 Å². The van der Waals surface area contributed by atoms with Crippen LogP contribution in [-0.4, -0.2) is 0 Å². The molecule has 0 amide bonds. The lowest BCUT2D eigenvalue weighted by atomic mass is 10.1. The number of benzene rings is 6. The number of rotatable bonds is 6. The zero-order valence-electron chi connectivity index (χ0n) is 19.9. The van der Waals surface area contributed by atoms with Crippen molar-refractivity contribution in [2.75, 3.05) is 10.2 Å². The molecule has 0 heterocycles. The van der Waals surface area contributed by atoms with Gasteiger partial charge in [0.1, 0.15) is 0 Å². The highest BCUT2D eigenvalue weighted by Gasteiger charge is 2.13. The van der Waals surface area contributed by atoms with E-state index in [2.05, 4.69) is 156 Å². The van der Waals surface area contributed by atoms with Crippen LogP contribution in [0.3, 0.4) is 0 Å². The van der Waals surface area contributed by atoms with Crippen molar-refractivity contribution in [3.63, 3.8) is 0 Å². The molecule has 0 aromatic heterocycles. The Kier molecular flexibility index (Phi) is 5.91. The molecule has 0 aliphatic carbocycles. The van der Waals surface area contributed by atoms with Crippen LogP contribution in [-0.2, 0) is 0 Å². The summed E-state index contributed by atoms with van der Waals surface area (Å²) < 4.78 is 0. The quantitative estimate of drug-likeness (QED) is 0.265. The third-order valence-electron chi connectivity index (χ3n) is 6.39. The molecule has 1 N–H and O–H groups in total. The zero-order valence-corrected chi connectivity index (χ0v) is 19.9. The van der Waals surface area contributed by atoms with Gasteiger partial charge in [-0.1, -0.05) is 91.0 Å². The summed E-state index contributed by atoms with van der Waals surface area (Å²) >= 11 is 0. The predicted molar refractivity (Wildman–Crippen MR) is 154 cm³/mol. The molecular formula is C34H26N2. The average Bonchev–Trinajstić information content (AvgIpc) is 2.95. The molecule has 0 aliphatic heterocycles. The second-order valence-electron chi connectivity index (χ2n) is 8.82. The summed E-state index contributed by atoms with van der Waals surface area (Å²) in [6.07, 6.45) is 0.